The number of methoxy groups -OCH3 is 1. The number of amides is 1. The lowest BCUT2D eigenvalue weighted by Crippen LogP contribution is -2.52. The highest BCUT2D eigenvalue weighted by Crippen LogP contribution is 2.25. The van der Waals surface area contributed by atoms with Gasteiger partial charge in [0.2, 0.25) is 5.91 Å². The molecule has 5 nitrogen and oxygen atoms in total. The first-order valence-electron chi connectivity index (χ1n) is 9.94. The van der Waals surface area contributed by atoms with Gasteiger partial charge < -0.3 is 10.1 Å². The zero-order valence-corrected chi connectivity index (χ0v) is 17.4. The number of rotatable bonds is 6. The van der Waals surface area contributed by atoms with Crippen molar-refractivity contribution in [1.29, 1.82) is 0 Å². The molecule has 28 heavy (non-hydrogen) atoms. The minimum Gasteiger partial charge on any atom is -0.495 e. The second kappa shape index (κ2) is 9.22. The third-order valence-corrected chi connectivity index (χ3v) is 5.60. The average molecular weight is 382 g/mol. The third-order valence-electron chi connectivity index (χ3n) is 5.60. The van der Waals surface area contributed by atoms with Crippen LogP contribution in [0.4, 0.5) is 5.69 Å². The summed E-state index contributed by atoms with van der Waals surface area (Å²) >= 11 is 0. The Bertz CT molecular complexity index is 813. The topological polar surface area (TPSA) is 44.8 Å². The van der Waals surface area contributed by atoms with Gasteiger partial charge in [0.25, 0.3) is 0 Å². The zero-order chi connectivity index (χ0) is 20.1. The molecule has 1 N–H and O–H groups in total. The number of hydrogen-bond donors (Lipinski definition) is 1. The highest BCUT2D eigenvalue weighted by Gasteiger charge is 2.26. The van der Waals surface area contributed by atoms with Crippen molar-refractivity contribution in [2.24, 2.45) is 0 Å². The summed E-state index contributed by atoms with van der Waals surface area (Å²) in [5, 5.41) is 3.04. The molecule has 0 bridgehead atoms. The van der Waals surface area contributed by atoms with Gasteiger partial charge in [-0.2, -0.15) is 0 Å². The van der Waals surface area contributed by atoms with Crippen molar-refractivity contribution in [2.45, 2.75) is 33.4 Å². The SMILES string of the molecule is COc1ccc(C)cc1NC(=O)C(C)N1CCN(Cc2ccccc2C)CC1. The second-order valence-electron chi connectivity index (χ2n) is 7.61. The van der Waals surface area contributed by atoms with Gasteiger partial charge in [-0.05, 0) is 49.6 Å². The predicted octanol–water partition coefficient (Wildman–Crippen LogP) is 3.46. The largest absolute Gasteiger partial charge is 0.495 e. The van der Waals surface area contributed by atoms with Gasteiger partial charge in [-0.3, -0.25) is 14.6 Å². The smallest absolute Gasteiger partial charge is 0.241 e. The van der Waals surface area contributed by atoms with Crippen LogP contribution >= 0.6 is 0 Å². The van der Waals surface area contributed by atoms with Gasteiger partial charge in [0.1, 0.15) is 5.75 Å². The van der Waals surface area contributed by atoms with E-state index in [4.69, 9.17) is 4.74 Å². The molecule has 1 aliphatic heterocycles. The first kappa shape index (κ1) is 20.4. The van der Waals surface area contributed by atoms with Gasteiger partial charge in [-0.15, -0.1) is 0 Å². The standard InChI is InChI=1S/C23H31N3O2/c1-17-9-10-22(28-4)21(15-17)24-23(27)19(3)26-13-11-25(12-14-26)16-20-8-6-5-7-18(20)2/h5-10,15,19H,11-14,16H2,1-4H3,(H,24,27). The number of hydrogen-bond acceptors (Lipinski definition) is 4. The maximum absolute atomic E-state index is 12.8. The molecule has 150 valence electrons. The highest BCUT2D eigenvalue weighted by molar-refractivity contribution is 5.96. The van der Waals surface area contributed by atoms with Crippen LogP contribution < -0.4 is 10.1 Å². The van der Waals surface area contributed by atoms with E-state index in [1.165, 1.54) is 11.1 Å². The summed E-state index contributed by atoms with van der Waals surface area (Å²) in [5.41, 5.74) is 4.55. The molecule has 0 saturated carbocycles. The van der Waals surface area contributed by atoms with Crippen LogP contribution in [0.15, 0.2) is 42.5 Å². The van der Waals surface area contributed by atoms with Gasteiger partial charge in [-0.25, -0.2) is 0 Å². The van der Waals surface area contributed by atoms with Gasteiger partial charge in [0, 0.05) is 32.7 Å². The summed E-state index contributed by atoms with van der Waals surface area (Å²) in [5.74, 6) is 0.699. The van der Waals surface area contributed by atoms with E-state index in [0.29, 0.717) is 5.75 Å². The lowest BCUT2D eigenvalue weighted by molar-refractivity contribution is -0.121. The van der Waals surface area contributed by atoms with E-state index < -0.39 is 0 Å². The van der Waals surface area contributed by atoms with Crippen molar-refractivity contribution >= 4 is 11.6 Å². The number of nitrogens with one attached hydrogen (secondary N) is 1. The number of carbonyl (C=O) groups excluding carboxylic acids is 1. The molecule has 2 aromatic rings. The van der Waals surface area contributed by atoms with Crippen LogP contribution in [-0.2, 0) is 11.3 Å². The zero-order valence-electron chi connectivity index (χ0n) is 17.4. The molecule has 3 rings (SSSR count). The average Bonchev–Trinajstić information content (AvgIpc) is 2.70. The molecule has 0 aliphatic carbocycles. The summed E-state index contributed by atoms with van der Waals surface area (Å²) in [6.07, 6.45) is 0. The van der Waals surface area contributed by atoms with E-state index >= 15 is 0 Å². The summed E-state index contributed by atoms with van der Waals surface area (Å²) in [4.78, 5) is 17.5. The summed E-state index contributed by atoms with van der Waals surface area (Å²) < 4.78 is 5.37. The van der Waals surface area contributed by atoms with E-state index in [0.717, 1.165) is 44.0 Å². The lowest BCUT2D eigenvalue weighted by atomic mass is 10.1. The van der Waals surface area contributed by atoms with Crippen molar-refractivity contribution in [3.05, 3.63) is 59.2 Å². The molecular weight excluding hydrogens is 350 g/mol. The van der Waals surface area contributed by atoms with Crippen molar-refractivity contribution < 1.29 is 9.53 Å². The molecule has 1 fully saturated rings. The number of anilines is 1. The van der Waals surface area contributed by atoms with Crippen molar-refractivity contribution in [1.82, 2.24) is 9.80 Å². The molecule has 1 saturated heterocycles. The lowest BCUT2D eigenvalue weighted by Gasteiger charge is -2.37. The normalized spacial score (nSPS) is 16.6. The van der Waals surface area contributed by atoms with E-state index in [9.17, 15) is 4.79 Å². The predicted molar refractivity (Wildman–Crippen MR) is 114 cm³/mol. The van der Waals surface area contributed by atoms with Crippen molar-refractivity contribution in [3.8, 4) is 5.75 Å². The molecule has 5 heteroatoms. The Morgan fingerprint density at radius 2 is 1.82 bits per heavy atom. The third kappa shape index (κ3) is 4.91. The van der Waals surface area contributed by atoms with Gasteiger partial charge in [0.05, 0.1) is 18.8 Å². The van der Waals surface area contributed by atoms with Crippen LogP contribution in [0.2, 0.25) is 0 Å². The van der Waals surface area contributed by atoms with E-state index in [-0.39, 0.29) is 11.9 Å². The Hall–Kier alpha value is -2.37. The number of piperazine rings is 1. The van der Waals surface area contributed by atoms with Crippen LogP contribution in [0.25, 0.3) is 0 Å². The Morgan fingerprint density at radius 1 is 1.11 bits per heavy atom. The fourth-order valence-corrected chi connectivity index (χ4v) is 3.66. The molecule has 0 spiro atoms. The molecule has 0 radical (unpaired) electrons. The number of nitrogens with zero attached hydrogens (tertiary/aromatic N) is 2. The molecule has 1 amide bonds. The number of benzene rings is 2. The summed E-state index contributed by atoms with van der Waals surface area (Å²) in [7, 11) is 1.62. The minimum atomic E-state index is -0.175. The quantitative estimate of drug-likeness (QED) is 0.832. The van der Waals surface area contributed by atoms with Crippen LogP contribution in [0.5, 0.6) is 5.75 Å². The second-order valence-corrected chi connectivity index (χ2v) is 7.61. The Kier molecular flexibility index (Phi) is 6.70. The van der Waals surface area contributed by atoms with Crippen LogP contribution in [0.1, 0.15) is 23.6 Å². The van der Waals surface area contributed by atoms with Gasteiger partial charge in [0.15, 0.2) is 0 Å². The fourth-order valence-electron chi connectivity index (χ4n) is 3.66. The molecule has 1 aliphatic rings. The van der Waals surface area contributed by atoms with Crippen LogP contribution in [0, 0.1) is 13.8 Å². The fraction of sp³-hybridized carbons (Fsp3) is 0.435. The minimum absolute atomic E-state index is 0.0104. The van der Waals surface area contributed by atoms with E-state index in [1.54, 1.807) is 7.11 Å². The summed E-state index contributed by atoms with van der Waals surface area (Å²) in [6.45, 7) is 10.9. The van der Waals surface area contributed by atoms with E-state index in [1.807, 2.05) is 32.0 Å². The van der Waals surface area contributed by atoms with E-state index in [2.05, 4.69) is 46.3 Å². The highest BCUT2D eigenvalue weighted by atomic mass is 16.5. The van der Waals surface area contributed by atoms with Gasteiger partial charge >= 0.3 is 0 Å². The van der Waals surface area contributed by atoms with Gasteiger partial charge in [-0.1, -0.05) is 30.3 Å². The Balaban J connectivity index is 1.55. The van der Waals surface area contributed by atoms with Crippen LogP contribution in [0.3, 0.4) is 0 Å². The first-order chi connectivity index (χ1) is 13.5. The molecule has 2 aromatic carbocycles. The maximum atomic E-state index is 12.8. The van der Waals surface area contributed by atoms with Crippen LogP contribution in [-0.4, -0.2) is 55.0 Å². The molecule has 1 heterocycles. The molecule has 1 atom stereocenters. The van der Waals surface area contributed by atoms with Crippen molar-refractivity contribution in [2.75, 3.05) is 38.6 Å². The maximum Gasteiger partial charge on any atom is 0.241 e. The molecule has 1 unspecified atom stereocenters. The molecular formula is C23H31N3O2. The molecule has 0 aromatic heterocycles. The number of ether oxygens (including phenoxy) is 1. The number of aryl methyl sites for hydroxylation is 2. The van der Waals surface area contributed by atoms with Crippen molar-refractivity contribution in [3.63, 3.8) is 0 Å². The Morgan fingerprint density at radius 3 is 2.50 bits per heavy atom. The summed E-state index contributed by atoms with van der Waals surface area (Å²) in [6, 6.07) is 14.2. The first-order valence-corrected chi connectivity index (χ1v) is 9.94. The Labute approximate surface area is 168 Å². The monoisotopic (exact) mass is 381 g/mol. The number of carbonyl (C=O) groups is 1.